The lowest BCUT2D eigenvalue weighted by Crippen LogP contribution is -2.53. The van der Waals surface area contributed by atoms with Gasteiger partial charge in [-0.25, -0.2) is 4.79 Å². The van der Waals surface area contributed by atoms with Gasteiger partial charge in [0.15, 0.2) is 0 Å². The van der Waals surface area contributed by atoms with E-state index in [2.05, 4.69) is 27.7 Å². The number of benzene rings is 2. The summed E-state index contributed by atoms with van der Waals surface area (Å²) >= 11 is 12.1. The molecule has 0 saturated carbocycles. The van der Waals surface area contributed by atoms with Gasteiger partial charge in [0.1, 0.15) is 6.04 Å². The number of carbonyl (C=O) groups is 4. The molecule has 2 aliphatic heterocycles. The summed E-state index contributed by atoms with van der Waals surface area (Å²) in [5, 5.41) is 15.9. The van der Waals surface area contributed by atoms with Gasteiger partial charge in [0.2, 0.25) is 11.8 Å². The highest BCUT2D eigenvalue weighted by atomic mass is 35.5. The van der Waals surface area contributed by atoms with Gasteiger partial charge in [-0.05, 0) is 62.3 Å². The second kappa shape index (κ2) is 15.4. The summed E-state index contributed by atoms with van der Waals surface area (Å²) in [6.07, 6.45) is 1.74. The number of ether oxygens (including phenoxy) is 1. The van der Waals surface area contributed by atoms with Crippen LogP contribution < -0.4 is 10.6 Å². The van der Waals surface area contributed by atoms with Gasteiger partial charge in [0.25, 0.3) is 0 Å². The second-order valence-corrected chi connectivity index (χ2v) is 11.7. The molecule has 2 aromatic carbocycles. The van der Waals surface area contributed by atoms with Crippen molar-refractivity contribution < 1.29 is 29.0 Å². The Balaban J connectivity index is 1.55. The van der Waals surface area contributed by atoms with Gasteiger partial charge in [0.05, 0.1) is 22.7 Å². The number of hydrogen-bond donors (Lipinski definition) is 3. The first-order chi connectivity index (χ1) is 20.7. The molecular weight excluding hydrogens is 595 g/mol. The van der Waals surface area contributed by atoms with Crippen molar-refractivity contribution >= 4 is 47.1 Å². The Labute approximate surface area is 261 Å². The standard InChI is InChI=1S/C31H38Cl2N4O6/c1-2-43-31(42)35-22-17-27-30(41)36(15-14-23(37(27)19-22)10-8-20-6-4-3-5-7-20)26(12-13-28(38)39)29(40)34-18-21-9-11-24(32)25(33)16-21/h3-7,9,11,16,22-23,26-27H,2,8,10,12-15,17-19H2,1H3,(H,34,40)(H,35,42)(H,38,39)/t22-,23?,26?,27+/m1/s1. The van der Waals surface area contributed by atoms with E-state index in [1.54, 1.807) is 30.0 Å². The van der Waals surface area contributed by atoms with Crippen LogP contribution in [-0.2, 0) is 32.1 Å². The average molecular weight is 634 g/mol. The maximum atomic E-state index is 14.1. The molecule has 0 bridgehead atoms. The molecule has 2 heterocycles. The van der Waals surface area contributed by atoms with E-state index in [1.165, 1.54) is 5.56 Å². The monoisotopic (exact) mass is 632 g/mol. The van der Waals surface area contributed by atoms with Crippen LogP contribution in [0.5, 0.6) is 0 Å². The number of rotatable bonds is 12. The van der Waals surface area contributed by atoms with Crippen LogP contribution in [0.2, 0.25) is 10.0 Å². The molecule has 0 radical (unpaired) electrons. The van der Waals surface area contributed by atoms with Crippen LogP contribution in [0.3, 0.4) is 0 Å². The molecule has 12 heteroatoms. The largest absolute Gasteiger partial charge is 0.481 e. The number of alkyl carbamates (subject to hydrolysis) is 1. The number of hydrogen-bond acceptors (Lipinski definition) is 6. The highest BCUT2D eigenvalue weighted by Crippen LogP contribution is 2.31. The van der Waals surface area contributed by atoms with Gasteiger partial charge in [0, 0.05) is 38.1 Å². The zero-order valence-corrected chi connectivity index (χ0v) is 25.6. The third-order valence-electron chi connectivity index (χ3n) is 8.05. The summed E-state index contributed by atoms with van der Waals surface area (Å²) in [7, 11) is 0. The van der Waals surface area contributed by atoms with Gasteiger partial charge in [-0.2, -0.15) is 0 Å². The van der Waals surface area contributed by atoms with E-state index in [0.29, 0.717) is 36.0 Å². The first-order valence-corrected chi connectivity index (χ1v) is 15.4. The summed E-state index contributed by atoms with van der Waals surface area (Å²) in [6.45, 7) is 2.90. The van der Waals surface area contributed by atoms with E-state index in [1.807, 2.05) is 18.2 Å². The predicted molar refractivity (Wildman–Crippen MR) is 163 cm³/mol. The van der Waals surface area contributed by atoms with E-state index in [4.69, 9.17) is 27.9 Å². The highest BCUT2D eigenvalue weighted by molar-refractivity contribution is 6.42. The summed E-state index contributed by atoms with van der Waals surface area (Å²) in [5.41, 5.74) is 1.91. The van der Waals surface area contributed by atoms with Crippen LogP contribution in [0.15, 0.2) is 48.5 Å². The van der Waals surface area contributed by atoms with E-state index in [-0.39, 0.29) is 44.0 Å². The number of carboxylic acid groups (broad SMARTS) is 1. The van der Waals surface area contributed by atoms with Crippen LogP contribution in [0, 0.1) is 0 Å². The smallest absolute Gasteiger partial charge is 0.407 e. The summed E-state index contributed by atoms with van der Waals surface area (Å²) in [4.78, 5) is 55.1. The van der Waals surface area contributed by atoms with Crippen molar-refractivity contribution in [3.8, 4) is 0 Å². The van der Waals surface area contributed by atoms with E-state index in [0.717, 1.165) is 18.4 Å². The van der Waals surface area contributed by atoms with E-state index in [9.17, 15) is 24.3 Å². The lowest BCUT2D eigenvalue weighted by atomic mass is 10.0. The molecule has 43 heavy (non-hydrogen) atoms. The molecule has 0 spiro atoms. The van der Waals surface area contributed by atoms with E-state index < -0.39 is 30.1 Å². The zero-order valence-electron chi connectivity index (χ0n) is 24.1. The maximum absolute atomic E-state index is 14.1. The van der Waals surface area contributed by atoms with Crippen molar-refractivity contribution in [1.29, 1.82) is 0 Å². The number of fused-ring (bicyclic) bond motifs is 1. The highest BCUT2D eigenvalue weighted by Gasteiger charge is 2.46. The van der Waals surface area contributed by atoms with Crippen molar-refractivity contribution in [2.75, 3.05) is 19.7 Å². The molecule has 2 aliphatic rings. The average Bonchev–Trinajstić information content (AvgIpc) is 3.35. The fourth-order valence-electron chi connectivity index (χ4n) is 5.95. The molecule has 0 aliphatic carbocycles. The number of nitrogens with zero attached hydrogens (tertiary/aromatic N) is 2. The summed E-state index contributed by atoms with van der Waals surface area (Å²) in [5.74, 6) is -1.73. The van der Waals surface area contributed by atoms with Crippen molar-refractivity contribution in [2.45, 2.75) is 76.2 Å². The predicted octanol–water partition coefficient (Wildman–Crippen LogP) is 4.27. The molecule has 4 rings (SSSR count). The quantitative estimate of drug-likeness (QED) is 0.319. The van der Waals surface area contributed by atoms with Crippen LogP contribution in [0.4, 0.5) is 4.79 Å². The van der Waals surface area contributed by atoms with Gasteiger partial charge >= 0.3 is 12.1 Å². The molecule has 2 fully saturated rings. The zero-order chi connectivity index (χ0) is 30.9. The molecule has 3 N–H and O–H groups in total. The number of halogens is 2. The minimum Gasteiger partial charge on any atom is -0.481 e. The van der Waals surface area contributed by atoms with Crippen molar-refractivity contribution in [3.63, 3.8) is 0 Å². The second-order valence-electron chi connectivity index (χ2n) is 10.9. The molecule has 4 atom stereocenters. The Kier molecular flexibility index (Phi) is 11.7. The first kappa shape index (κ1) is 32.6. The van der Waals surface area contributed by atoms with Gasteiger partial charge in [-0.3, -0.25) is 19.3 Å². The molecular formula is C31H38Cl2N4O6. The van der Waals surface area contributed by atoms with Crippen molar-refractivity contribution in [1.82, 2.24) is 20.4 Å². The Morgan fingerprint density at radius 2 is 1.86 bits per heavy atom. The first-order valence-electron chi connectivity index (χ1n) is 14.6. The molecule has 3 amide bonds. The number of aryl methyl sites for hydroxylation is 1. The molecule has 232 valence electrons. The van der Waals surface area contributed by atoms with Crippen LogP contribution in [0.25, 0.3) is 0 Å². The maximum Gasteiger partial charge on any atom is 0.407 e. The van der Waals surface area contributed by atoms with Gasteiger partial charge in [-0.1, -0.05) is 59.6 Å². The fourth-order valence-corrected chi connectivity index (χ4v) is 6.27. The summed E-state index contributed by atoms with van der Waals surface area (Å²) in [6, 6.07) is 13.3. The SMILES string of the molecule is CCOC(=O)N[C@@H]1C[C@H]2C(=O)N(C(CCC(=O)O)C(=O)NCc3ccc(Cl)c(Cl)c3)CCC(CCc3ccccc3)N2C1. The molecule has 2 saturated heterocycles. The minimum absolute atomic E-state index is 0.0209. The number of aliphatic carboxylic acids is 1. The van der Waals surface area contributed by atoms with Gasteiger partial charge < -0.3 is 25.4 Å². The Morgan fingerprint density at radius 1 is 1.09 bits per heavy atom. The third-order valence-corrected chi connectivity index (χ3v) is 8.79. The van der Waals surface area contributed by atoms with Gasteiger partial charge in [-0.15, -0.1) is 0 Å². The minimum atomic E-state index is -1.05. The molecule has 2 unspecified atom stereocenters. The van der Waals surface area contributed by atoms with Crippen LogP contribution >= 0.6 is 23.2 Å². The van der Waals surface area contributed by atoms with Crippen LogP contribution in [-0.4, -0.2) is 82.6 Å². The number of carbonyl (C=O) groups excluding carboxylic acids is 3. The lowest BCUT2D eigenvalue weighted by Gasteiger charge is -2.32. The fraction of sp³-hybridized carbons (Fsp3) is 0.484. The molecule has 2 aromatic rings. The van der Waals surface area contributed by atoms with Crippen LogP contribution in [0.1, 0.15) is 50.2 Å². The third kappa shape index (κ3) is 8.84. The van der Waals surface area contributed by atoms with E-state index >= 15 is 0 Å². The number of amides is 3. The Morgan fingerprint density at radius 3 is 2.56 bits per heavy atom. The Bertz CT molecular complexity index is 1300. The van der Waals surface area contributed by atoms with Crippen molar-refractivity contribution in [2.24, 2.45) is 0 Å². The lowest BCUT2D eigenvalue weighted by molar-refractivity contribution is -0.144. The number of nitrogens with one attached hydrogen (secondary N) is 2. The Hall–Kier alpha value is -3.34. The molecule has 0 aromatic heterocycles. The normalized spacial score (nSPS) is 21.0. The van der Waals surface area contributed by atoms with Crippen molar-refractivity contribution in [3.05, 3.63) is 69.7 Å². The number of carboxylic acids is 1. The topological polar surface area (TPSA) is 128 Å². The summed E-state index contributed by atoms with van der Waals surface area (Å²) < 4.78 is 5.08. The molecule has 10 nitrogen and oxygen atoms in total.